The first-order valence-electron chi connectivity index (χ1n) is 11.9. The third-order valence-electron chi connectivity index (χ3n) is 5.80. The Balaban J connectivity index is 1.36. The minimum absolute atomic E-state index is 0.102. The van der Waals surface area contributed by atoms with E-state index in [4.69, 9.17) is 13.2 Å². The molecule has 0 amide bonds. The number of hydrogen-bond donors (Lipinski definition) is 3. The summed E-state index contributed by atoms with van der Waals surface area (Å²) in [7, 11) is 0. The van der Waals surface area contributed by atoms with Crippen molar-refractivity contribution in [2.75, 3.05) is 18.8 Å². The molecule has 2 aromatic heterocycles. The van der Waals surface area contributed by atoms with Crippen LogP contribution in [0, 0.1) is 11.8 Å². The lowest BCUT2D eigenvalue weighted by molar-refractivity contribution is 0.212. The van der Waals surface area contributed by atoms with E-state index in [0.29, 0.717) is 30.0 Å². The fourth-order valence-corrected chi connectivity index (χ4v) is 3.66. The van der Waals surface area contributed by atoms with Gasteiger partial charge in [-0.1, -0.05) is 24.0 Å². The molecule has 32 heavy (non-hydrogen) atoms. The zero-order valence-electron chi connectivity index (χ0n) is 19.7. The van der Waals surface area contributed by atoms with E-state index in [0.717, 1.165) is 37.1 Å². The molecule has 3 aromatic rings. The first-order chi connectivity index (χ1) is 16.3. The fraction of sp³-hybridized carbons (Fsp3) is 0.360. The number of anilines is 1. The number of piperidine rings is 1. The van der Waals surface area contributed by atoms with Gasteiger partial charge in [0.2, 0.25) is 0 Å². The number of nitrogens with two attached hydrogens (primary N) is 1. The molecule has 164 valence electrons. The lowest BCUT2D eigenvalue weighted by Gasteiger charge is -2.22. The molecule has 1 aromatic carbocycles. The van der Waals surface area contributed by atoms with Crippen molar-refractivity contribution in [1.29, 1.82) is 0 Å². The van der Waals surface area contributed by atoms with Gasteiger partial charge in [-0.25, -0.2) is 4.98 Å². The topological polar surface area (TPSA) is 98.2 Å². The number of benzene rings is 1. The molecule has 0 unspecified atom stereocenters. The first-order valence-corrected chi connectivity index (χ1v) is 10.9. The Bertz CT molecular complexity index is 1250. The Morgan fingerprint density at radius 3 is 2.91 bits per heavy atom. The van der Waals surface area contributed by atoms with E-state index < -0.39 is 12.2 Å². The van der Waals surface area contributed by atoms with E-state index in [1.54, 1.807) is 42.7 Å². The van der Waals surface area contributed by atoms with Crippen molar-refractivity contribution >= 4 is 5.82 Å². The number of nitrogens with one attached hydrogen (secondary N) is 1. The summed E-state index contributed by atoms with van der Waals surface area (Å²) in [5.41, 5.74) is 7.65. The van der Waals surface area contributed by atoms with Gasteiger partial charge in [-0.15, -0.1) is 0 Å². The normalized spacial score (nSPS) is 18.8. The summed E-state index contributed by atoms with van der Waals surface area (Å²) in [6.07, 6.45) is 8.80. The smallest absolute Gasteiger partial charge is 0.166 e. The van der Waals surface area contributed by atoms with Crippen LogP contribution in [0.4, 0.5) is 5.82 Å². The van der Waals surface area contributed by atoms with Crippen molar-refractivity contribution in [2.45, 2.75) is 43.9 Å². The summed E-state index contributed by atoms with van der Waals surface area (Å²) in [5, 5.41) is 17.8. The fourth-order valence-electron chi connectivity index (χ4n) is 3.66. The van der Waals surface area contributed by atoms with Crippen molar-refractivity contribution in [2.24, 2.45) is 0 Å². The van der Waals surface area contributed by atoms with Crippen LogP contribution in [0.15, 0.2) is 48.9 Å². The quantitative estimate of drug-likeness (QED) is 0.538. The monoisotopic (exact) mass is 431 g/mol. The second-order valence-corrected chi connectivity index (χ2v) is 8.36. The van der Waals surface area contributed by atoms with Crippen molar-refractivity contribution in [3.8, 4) is 28.7 Å². The minimum atomic E-state index is -2.16. The van der Waals surface area contributed by atoms with Gasteiger partial charge in [-0.05, 0) is 62.5 Å². The summed E-state index contributed by atoms with van der Waals surface area (Å²) in [6, 6.07) is 8.79. The molecule has 2 aliphatic rings. The van der Waals surface area contributed by atoms with Crippen LogP contribution >= 0.6 is 0 Å². The second kappa shape index (κ2) is 8.65. The summed E-state index contributed by atoms with van der Waals surface area (Å²) >= 11 is 0. The predicted molar refractivity (Wildman–Crippen MR) is 123 cm³/mol. The highest BCUT2D eigenvalue weighted by atomic mass is 16.5. The molecule has 2 fully saturated rings. The Morgan fingerprint density at radius 1 is 1.25 bits per heavy atom. The highest BCUT2D eigenvalue weighted by Gasteiger charge is 2.38. The third-order valence-corrected chi connectivity index (χ3v) is 5.80. The van der Waals surface area contributed by atoms with Crippen molar-refractivity contribution < 1.29 is 12.6 Å². The lowest BCUT2D eigenvalue weighted by Crippen LogP contribution is -2.29. The molecule has 1 aliphatic carbocycles. The number of hydrogen-bond acceptors (Lipinski definition) is 6. The minimum Gasteiger partial charge on any atom is -0.485 e. The maximum Gasteiger partial charge on any atom is 0.166 e. The van der Waals surface area contributed by atoms with E-state index in [1.165, 1.54) is 0 Å². The van der Waals surface area contributed by atoms with Gasteiger partial charge in [0.25, 0.3) is 0 Å². The molecule has 0 spiro atoms. The van der Waals surface area contributed by atoms with Crippen molar-refractivity contribution in [1.82, 2.24) is 20.1 Å². The summed E-state index contributed by atoms with van der Waals surface area (Å²) < 4.78 is 24.8. The van der Waals surface area contributed by atoms with Gasteiger partial charge in [-0.3, -0.25) is 4.68 Å². The van der Waals surface area contributed by atoms with Crippen LogP contribution in [0.25, 0.3) is 11.1 Å². The van der Waals surface area contributed by atoms with E-state index in [9.17, 15) is 5.11 Å². The molecular formula is C25H27N5O2. The number of aliphatic hydroxyl groups is 1. The van der Waals surface area contributed by atoms with Crippen molar-refractivity contribution in [3.05, 3.63) is 60.0 Å². The van der Waals surface area contributed by atoms with Gasteiger partial charge >= 0.3 is 0 Å². The average Bonchev–Trinajstić information content (AvgIpc) is 3.37. The molecule has 4 N–H and O–H groups in total. The van der Waals surface area contributed by atoms with Crippen LogP contribution in [0.3, 0.4) is 0 Å². The van der Waals surface area contributed by atoms with Gasteiger partial charge in [0.15, 0.2) is 11.6 Å². The molecule has 1 saturated heterocycles. The number of nitrogens with zero attached hydrogens (tertiary/aromatic N) is 3. The van der Waals surface area contributed by atoms with Gasteiger partial charge in [0.05, 0.1) is 15.0 Å². The molecule has 1 aliphatic heterocycles. The number of ether oxygens (including phenoxy) is 1. The molecule has 3 heterocycles. The largest absolute Gasteiger partial charge is 0.485 e. The molecule has 7 heteroatoms. The van der Waals surface area contributed by atoms with Gasteiger partial charge in [0.1, 0.15) is 12.2 Å². The van der Waals surface area contributed by atoms with Crippen LogP contribution in [0.2, 0.25) is 0 Å². The van der Waals surface area contributed by atoms with E-state index >= 15 is 0 Å². The predicted octanol–water partition coefficient (Wildman–Crippen LogP) is 2.91. The maximum absolute atomic E-state index is 9.94. The van der Waals surface area contributed by atoms with Crippen LogP contribution in [-0.4, -0.2) is 38.6 Å². The van der Waals surface area contributed by atoms with Gasteiger partial charge in [0, 0.05) is 29.1 Å². The standard InChI is InChI=1S/C25H27N5O2/c26-24-23(32-17-19-3-1-2-18(12-19)4-7-25(31)8-9-25)13-20(14-28-24)21-15-29-30(16-21)22-5-10-27-11-6-22/h1-3,12-16,22,27,31H,5-6,8-11,17H2,(H2,26,28)/i17D2. The summed E-state index contributed by atoms with van der Waals surface area (Å²) in [4.78, 5) is 4.22. The molecule has 5 rings (SSSR count). The van der Waals surface area contributed by atoms with E-state index in [2.05, 4.69) is 27.2 Å². The van der Waals surface area contributed by atoms with Crippen LogP contribution in [0.1, 0.15) is 45.6 Å². The Labute approximate surface area is 190 Å². The maximum atomic E-state index is 9.94. The zero-order chi connectivity index (χ0) is 23.8. The zero-order valence-corrected chi connectivity index (χ0v) is 17.7. The number of nitrogen functional groups attached to an aromatic ring is 1. The number of pyridine rings is 1. The summed E-state index contributed by atoms with van der Waals surface area (Å²) in [6.45, 7) is -0.212. The van der Waals surface area contributed by atoms with Crippen LogP contribution in [-0.2, 0) is 6.56 Å². The molecule has 0 atom stereocenters. The van der Waals surface area contributed by atoms with E-state index in [-0.39, 0.29) is 11.6 Å². The third kappa shape index (κ3) is 4.77. The highest BCUT2D eigenvalue weighted by molar-refractivity contribution is 5.65. The molecule has 1 saturated carbocycles. The molecule has 7 nitrogen and oxygen atoms in total. The van der Waals surface area contributed by atoms with Crippen LogP contribution in [0.5, 0.6) is 5.75 Å². The Kier molecular flexibility index (Phi) is 4.94. The SMILES string of the molecule is [2H]C([2H])(Oc1cc(-c2cnn(C3CCNCC3)c2)cnc1N)c1cccc(C#CC2(O)CC2)c1. The average molecular weight is 432 g/mol. The van der Waals surface area contributed by atoms with Crippen LogP contribution < -0.4 is 15.8 Å². The van der Waals surface area contributed by atoms with Gasteiger partial charge in [-0.2, -0.15) is 5.10 Å². The molecular weight excluding hydrogens is 402 g/mol. The number of rotatable bonds is 5. The van der Waals surface area contributed by atoms with E-state index in [1.807, 2.05) is 10.9 Å². The second-order valence-electron chi connectivity index (χ2n) is 8.36. The van der Waals surface area contributed by atoms with Gasteiger partial charge < -0.3 is 20.9 Å². The first kappa shape index (κ1) is 18.3. The molecule has 0 radical (unpaired) electrons. The Hall–Kier alpha value is -3.34. The van der Waals surface area contributed by atoms with Crippen molar-refractivity contribution in [3.63, 3.8) is 0 Å². The number of aromatic nitrogens is 3. The lowest BCUT2D eigenvalue weighted by atomic mass is 10.1. The summed E-state index contributed by atoms with van der Waals surface area (Å²) in [5.74, 6) is 6.02. The Morgan fingerprint density at radius 2 is 2.09 bits per heavy atom. The highest BCUT2D eigenvalue weighted by Crippen LogP contribution is 2.34. The molecule has 0 bridgehead atoms.